The summed E-state index contributed by atoms with van der Waals surface area (Å²) in [6, 6.07) is 7.54. The Balaban J connectivity index is 1.82. The number of Topliss-reactive ketones (excluding diaryl/α,β-unsaturated/α-hetero) is 1. The van der Waals surface area contributed by atoms with Crippen LogP contribution in [0.5, 0.6) is 11.5 Å². The van der Waals surface area contributed by atoms with Crippen molar-refractivity contribution in [3.63, 3.8) is 0 Å². The first-order valence-corrected chi connectivity index (χ1v) is 14.3. The van der Waals surface area contributed by atoms with Gasteiger partial charge >= 0.3 is 5.97 Å². The van der Waals surface area contributed by atoms with Gasteiger partial charge in [-0.2, -0.15) is 0 Å². The molecule has 11 heteroatoms. The minimum atomic E-state index is -1.02. The van der Waals surface area contributed by atoms with Crippen LogP contribution in [0.2, 0.25) is 0 Å². The summed E-state index contributed by atoms with van der Waals surface area (Å²) in [5.41, 5.74) is 0.815. The summed E-state index contributed by atoms with van der Waals surface area (Å²) >= 11 is 2.17. The number of carbonyl (C=O) groups excluding carboxylic acids is 3. The zero-order valence-corrected chi connectivity index (χ0v) is 23.8. The second kappa shape index (κ2) is 12.4. The SMILES string of the molecule is CCCCCOc1ccc(C2C(C(=O)c3cccs3)=C(O)C(=O)N2c2nc(C)c(C(=O)OC)s2)cc1OCC. The molecule has 0 saturated heterocycles. The molecule has 0 bridgehead atoms. The summed E-state index contributed by atoms with van der Waals surface area (Å²) in [5, 5.41) is 12.9. The first kappa shape index (κ1) is 28.3. The van der Waals surface area contributed by atoms with Crippen molar-refractivity contribution in [2.45, 2.75) is 46.1 Å². The lowest BCUT2D eigenvalue weighted by molar-refractivity contribution is -0.117. The Bertz CT molecular complexity index is 1390. The fourth-order valence-electron chi connectivity index (χ4n) is 4.27. The summed E-state index contributed by atoms with van der Waals surface area (Å²) in [6.07, 6.45) is 3.01. The third-order valence-corrected chi connectivity index (χ3v) is 8.15. The average molecular weight is 571 g/mol. The number of aliphatic hydroxyl groups excluding tert-OH is 1. The number of methoxy groups -OCH3 is 1. The normalized spacial score (nSPS) is 15.1. The van der Waals surface area contributed by atoms with E-state index < -0.39 is 29.5 Å². The molecule has 1 atom stereocenters. The van der Waals surface area contributed by atoms with E-state index in [1.54, 1.807) is 42.6 Å². The van der Waals surface area contributed by atoms with Gasteiger partial charge in [-0.3, -0.25) is 14.5 Å². The van der Waals surface area contributed by atoms with Crippen molar-refractivity contribution in [2.75, 3.05) is 25.2 Å². The summed E-state index contributed by atoms with van der Waals surface area (Å²) in [4.78, 5) is 45.6. The molecule has 3 heterocycles. The molecule has 1 aliphatic rings. The maximum Gasteiger partial charge on any atom is 0.350 e. The fraction of sp³-hybridized carbons (Fsp3) is 0.357. The molecule has 1 aliphatic heterocycles. The zero-order chi connectivity index (χ0) is 28.1. The van der Waals surface area contributed by atoms with Gasteiger partial charge in [0, 0.05) is 0 Å². The second-order valence-corrected chi connectivity index (χ2v) is 10.7. The topological polar surface area (TPSA) is 115 Å². The highest BCUT2D eigenvalue weighted by Gasteiger charge is 2.46. The maximum absolute atomic E-state index is 13.6. The Hall–Kier alpha value is -3.70. The molecule has 39 heavy (non-hydrogen) atoms. The van der Waals surface area contributed by atoms with E-state index in [1.165, 1.54) is 23.3 Å². The van der Waals surface area contributed by atoms with Gasteiger partial charge in [-0.1, -0.05) is 43.2 Å². The third kappa shape index (κ3) is 5.69. The second-order valence-electron chi connectivity index (χ2n) is 8.74. The van der Waals surface area contributed by atoms with Gasteiger partial charge in [0.15, 0.2) is 22.4 Å². The maximum atomic E-state index is 13.6. The lowest BCUT2D eigenvalue weighted by atomic mass is 9.95. The number of anilines is 1. The van der Waals surface area contributed by atoms with Crippen LogP contribution in [0.1, 0.15) is 69.8 Å². The average Bonchev–Trinajstić information content (AvgIpc) is 3.66. The van der Waals surface area contributed by atoms with E-state index in [4.69, 9.17) is 14.2 Å². The monoisotopic (exact) mass is 570 g/mol. The molecule has 1 aromatic carbocycles. The van der Waals surface area contributed by atoms with E-state index in [1.807, 2.05) is 6.92 Å². The summed E-state index contributed by atoms with van der Waals surface area (Å²) in [6.45, 7) is 6.50. The molecule has 1 amide bonds. The molecule has 0 spiro atoms. The quantitative estimate of drug-likeness (QED) is 0.159. The number of thiazole rings is 1. The van der Waals surface area contributed by atoms with Crippen LogP contribution < -0.4 is 14.4 Å². The molecule has 0 saturated carbocycles. The van der Waals surface area contributed by atoms with Gasteiger partial charge in [-0.25, -0.2) is 9.78 Å². The molecule has 1 unspecified atom stereocenters. The third-order valence-electron chi connectivity index (χ3n) is 6.15. The highest BCUT2D eigenvalue weighted by Crippen LogP contribution is 2.45. The van der Waals surface area contributed by atoms with Gasteiger partial charge in [-0.15, -0.1) is 11.3 Å². The molecular formula is C28H30N2O7S2. The number of hydrogen-bond donors (Lipinski definition) is 1. The number of unbranched alkanes of at least 4 members (excludes halogenated alkanes) is 2. The van der Waals surface area contributed by atoms with Crippen molar-refractivity contribution in [3.8, 4) is 11.5 Å². The van der Waals surface area contributed by atoms with E-state index in [2.05, 4.69) is 11.9 Å². The first-order chi connectivity index (χ1) is 18.8. The van der Waals surface area contributed by atoms with Crippen molar-refractivity contribution in [3.05, 3.63) is 68.1 Å². The number of esters is 1. The van der Waals surface area contributed by atoms with Crippen LogP contribution in [0.15, 0.2) is 47.0 Å². The van der Waals surface area contributed by atoms with Gasteiger partial charge in [0.1, 0.15) is 4.88 Å². The number of carbonyl (C=O) groups is 3. The van der Waals surface area contributed by atoms with Crippen LogP contribution in [-0.2, 0) is 9.53 Å². The summed E-state index contributed by atoms with van der Waals surface area (Å²) in [5.74, 6) is -1.51. The van der Waals surface area contributed by atoms with Gasteiger partial charge in [-0.05, 0) is 49.4 Å². The van der Waals surface area contributed by atoms with Crippen molar-refractivity contribution in [1.29, 1.82) is 0 Å². The minimum absolute atomic E-state index is 0.0750. The number of thiophene rings is 1. The Morgan fingerprint density at radius 3 is 2.59 bits per heavy atom. The van der Waals surface area contributed by atoms with E-state index in [-0.39, 0.29) is 15.6 Å². The van der Waals surface area contributed by atoms with Gasteiger partial charge < -0.3 is 19.3 Å². The zero-order valence-electron chi connectivity index (χ0n) is 22.2. The van der Waals surface area contributed by atoms with Crippen molar-refractivity contribution >= 4 is 45.5 Å². The molecule has 0 aliphatic carbocycles. The Labute approximate surface area is 234 Å². The first-order valence-electron chi connectivity index (χ1n) is 12.6. The molecule has 3 aromatic rings. The van der Waals surface area contributed by atoms with Crippen molar-refractivity contribution in [1.82, 2.24) is 4.98 Å². The Kier molecular flexibility index (Phi) is 9.03. The smallest absolute Gasteiger partial charge is 0.350 e. The number of hydrogen-bond acceptors (Lipinski definition) is 10. The molecular weight excluding hydrogens is 540 g/mol. The number of nitrogens with zero attached hydrogens (tertiary/aromatic N) is 2. The van der Waals surface area contributed by atoms with E-state index in [9.17, 15) is 19.5 Å². The number of ether oxygens (including phenoxy) is 3. The van der Waals surface area contributed by atoms with Crippen LogP contribution in [0.4, 0.5) is 5.13 Å². The number of amides is 1. The Morgan fingerprint density at radius 1 is 1.13 bits per heavy atom. The van der Waals surface area contributed by atoms with E-state index in [0.29, 0.717) is 40.8 Å². The van der Waals surface area contributed by atoms with Gasteiger partial charge in [0.2, 0.25) is 5.78 Å². The molecule has 2 aromatic heterocycles. The molecule has 1 N–H and O–H groups in total. The van der Waals surface area contributed by atoms with Gasteiger partial charge in [0.05, 0.1) is 42.5 Å². The standard InChI is InChI=1S/C28H30N2O7S2/c1-5-7-8-13-37-18-12-11-17(15-19(18)36-6-2)22-21(23(31)20-10-9-14-38-20)24(32)26(33)30(22)28-29-16(3)25(39-28)27(34)35-4/h9-12,14-15,22,32H,5-8,13H2,1-4H3. The highest BCUT2D eigenvalue weighted by atomic mass is 32.1. The Morgan fingerprint density at radius 2 is 1.92 bits per heavy atom. The number of ketones is 1. The highest BCUT2D eigenvalue weighted by molar-refractivity contribution is 7.17. The number of aromatic nitrogens is 1. The number of aliphatic hydroxyl groups is 1. The lowest BCUT2D eigenvalue weighted by Gasteiger charge is -2.25. The summed E-state index contributed by atoms with van der Waals surface area (Å²) < 4.78 is 16.7. The van der Waals surface area contributed by atoms with Crippen LogP contribution in [0, 0.1) is 6.92 Å². The molecule has 206 valence electrons. The van der Waals surface area contributed by atoms with Crippen molar-refractivity contribution < 1.29 is 33.7 Å². The van der Waals surface area contributed by atoms with E-state index in [0.717, 1.165) is 30.6 Å². The van der Waals surface area contributed by atoms with Crippen LogP contribution in [0.3, 0.4) is 0 Å². The van der Waals surface area contributed by atoms with E-state index >= 15 is 0 Å². The molecule has 9 nitrogen and oxygen atoms in total. The van der Waals surface area contributed by atoms with Crippen molar-refractivity contribution in [2.24, 2.45) is 0 Å². The molecule has 0 radical (unpaired) electrons. The number of rotatable bonds is 12. The predicted molar refractivity (Wildman–Crippen MR) is 149 cm³/mol. The minimum Gasteiger partial charge on any atom is -0.503 e. The largest absolute Gasteiger partial charge is 0.503 e. The lowest BCUT2D eigenvalue weighted by Crippen LogP contribution is -2.31. The fourth-order valence-corrected chi connectivity index (χ4v) is 5.96. The van der Waals surface area contributed by atoms with Crippen LogP contribution in [-0.4, -0.2) is 48.1 Å². The number of aryl methyl sites for hydroxylation is 1. The number of benzene rings is 1. The van der Waals surface area contributed by atoms with Crippen LogP contribution in [0.25, 0.3) is 0 Å². The summed E-state index contributed by atoms with van der Waals surface area (Å²) in [7, 11) is 1.26. The molecule has 0 fully saturated rings. The van der Waals surface area contributed by atoms with Gasteiger partial charge in [0.25, 0.3) is 5.91 Å². The predicted octanol–water partition coefficient (Wildman–Crippen LogP) is 6.05. The molecule has 4 rings (SSSR count). The van der Waals surface area contributed by atoms with Crippen LogP contribution >= 0.6 is 22.7 Å².